The Hall–Kier alpha value is -4.72. The van der Waals surface area contributed by atoms with Crippen LogP contribution < -0.4 is 10.1 Å². The second kappa shape index (κ2) is 9.54. The van der Waals surface area contributed by atoms with Crippen LogP contribution in [0, 0.1) is 20.8 Å². The van der Waals surface area contributed by atoms with E-state index in [1.165, 1.54) is 0 Å². The van der Waals surface area contributed by atoms with Gasteiger partial charge in [0.15, 0.2) is 0 Å². The molecule has 3 heterocycles. The van der Waals surface area contributed by atoms with Gasteiger partial charge in [-0.15, -0.1) is 0 Å². The van der Waals surface area contributed by atoms with E-state index >= 15 is 0 Å². The molecule has 0 aliphatic heterocycles. The predicted octanol–water partition coefficient (Wildman–Crippen LogP) is 6.66. The lowest BCUT2D eigenvalue weighted by Gasteiger charge is -2.13. The van der Waals surface area contributed by atoms with Crippen molar-refractivity contribution in [3.05, 3.63) is 71.4 Å². The highest BCUT2D eigenvalue weighted by atomic mass is 16.5. The summed E-state index contributed by atoms with van der Waals surface area (Å²) in [6.45, 7) is 8.38. The number of ether oxygens (including phenoxy) is 1. The molecule has 0 saturated heterocycles. The topological polar surface area (TPSA) is 106 Å². The Morgan fingerprint density at radius 2 is 1.79 bits per heavy atom. The van der Waals surface area contributed by atoms with Crippen molar-refractivity contribution in [1.82, 2.24) is 25.4 Å². The number of aromatic amines is 1. The molecule has 0 fully saturated rings. The maximum Gasteiger partial charge on any atom is 0.251 e. The van der Waals surface area contributed by atoms with Crippen LogP contribution in [-0.4, -0.2) is 39.7 Å². The van der Waals surface area contributed by atoms with E-state index in [0.717, 1.165) is 73.0 Å². The highest BCUT2D eigenvalue weighted by Gasteiger charge is 2.22. The number of nitrogens with one attached hydrogen (secondary N) is 2. The van der Waals surface area contributed by atoms with Crippen LogP contribution in [0.2, 0.25) is 0 Å². The number of fused-ring (bicyclic) bond motifs is 4. The summed E-state index contributed by atoms with van der Waals surface area (Å²) in [7, 11) is 1.66. The molecule has 0 aliphatic carbocycles. The summed E-state index contributed by atoms with van der Waals surface area (Å²) in [5.74, 6) is 2.01. The molecule has 0 atom stereocenters. The van der Waals surface area contributed by atoms with E-state index in [-0.39, 0.29) is 5.91 Å². The molecule has 0 radical (unpaired) electrons. The third kappa shape index (κ3) is 4.00. The molecule has 6 rings (SSSR count). The Morgan fingerprint density at radius 1 is 1.00 bits per heavy atom. The van der Waals surface area contributed by atoms with Crippen LogP contribution in [-0.2, 0) is 0 Å². The first-order valence-electron chi connectivity index (χ1n) is 13.0. The Bertz CT molecular complexity index is 1880. The summed E-state index contributed by atoms with van der Waals surface area (Å²) in [6, 6.07) is 15.9. The standard InChI is InChI=1S/C31H29N5O3/c1-6-13-32-31(37)22-12-11-21(19-9-7-8-10-20(19)22)29-28-23-15-26(38-5)24(27-16(2)36-39-17(27)3)14-25(23)35-30(28)34-18(4)33-29/h7-12,14-15H,6,13H2,1-5H3,(H,32,37)(H,33,34,35). The molecule has 0 unspecified atom stereocenters. The fraction of sp³-hybridized carbons (Fsp3) is 0.226. The first-order chi connectivity index (χ1) is 18.9. The van der Waals surface area contributed by atoms with Crippen molar-refractivity contribution in [2.75, 3.05) is 13.7 Å². The number of methoxy groups -OCH3 is 1. The molecule has 0 bridgehead atoms. The van der Waals surface area contributed by atoms with E-state index in [2.05, 4.69) is 21.5 Å². The molecule has 2 N–H and O–H groups in total. The van der Waals surface area contributed by atoms with E-state index in [0.29, 0.717) is 23.7 Å². The number of carbonyl (C=O) groups excluding carboxylic acids is 1. The molecule has 8 nitrogen and oxygen atoms in total. The van der Waals surface area contributed by atoms with Gasteiger partial charge in [-0.05, 0) is 56.2 Å². The van der Waals surface area contributed by atoms with Crippen LogP contribution in [0.1, 0.15) is 41.0 Å². The average molecular weight is 520 g/mol. The van der Waals surface area contributed by atoms with Gasteiger partial charge in [0.25, 0.3) is 5.91 Å². The van der Waals surface area contributed by atoms with Crippen LogP contribution in [0.5, 0.6) is 5.75 Å². The predicted molar refractivity (Wildman–Crippen MR) is 153 cm³/mol. The van der Waals surface area contributed by atoms with E-state index in [4.69, 9.17) is 19.2 Å². The number of hydrogen-bond donors (Lipinski definition) is 2. The van der Waals surface area contributed by atoms with E-state index in [1.807, 2.05) is 70.2 Å². The molecule has 196 valence electrons. The minimum atomic E-state index is -0.0766. The monoisotopic (exact) mass is 519 g/mol. The van der Waals surface area contributed by atoms with Gasteiger partial charge >= 0.3 is 0 Å². The maximum atomic E-state index is 12.9. The zero-order valence-electron chi connectivity index (χ0n) is 22.6. The van der Waals surface area contributed by atoms with Gasteiger partial charge in [0.05, 0.1) is 29.4 Å². The minimum Gasteiger partial charge on any atom is -0.496 e. The summed E-state index contributed by atoms with van der Waals surface area (Å²) in [6.07, 6.45) is 0.877. The Labute approximate surface area is 225 Å². The highest BCUT2D eigenvalue weighted by Crippen LogP contribution is 2.42. The number of hydrogen-bond acceptors (Lipinski definition) is 6. The summed E-state index contributed by atoms with van der Waals surface area (Å²) in [5, 5.41) is 10.8. The lowest BCUT2D eigenvalue weighted by Crippen LogP contribution is -2.24. The SMILES string of the molecule is CCCNC(=O)c1ccc(-c2nc(C)nc3[nH]c4cc(-c5c(C)noc5C)c(OC)cc4c23)c2ccccc12. The van der Waals surface area contributed by atoms with Crippen molar-refractivity contribution >= 4 is 38.6 Å². The van der Waals surface area contributed by atoms with Crippen LogP contribution in [0.3, 0.4) is 0 Å². The van der Waals surface area contributed by atoms with Crippen LogP contribution in [0.15, 0.2) is 53.1 Å². The number of rotatable bonds is 6. The van der Waals surface area contributed by atoms with Crippen molar-refractivity contribution < 1.29 is 14.1 Å². The normalized spacial score (nSPS) is 11.5. The van der Waals surface area contributed by atoms with Crippen molar-refractivity contribution in [2.45, 2.75) is 34.1 Å². The lowest BCUT2D eigenvalue weighted by atomic mass is 9.95. The summed E-state index contributed by atoms with van der Waals surface area (Å²) in [4.78, 5) is 26.1. The van der Waals surface area contributed by atoms with Crippen LogP contribution in [0.25, 0.3) is 55.1 Å². The van der Waals surface area contributed by atoms with Gasteiger partial charge in [-0.2, -0.15) is 0 Å². The number of aromatic nitrogens is 4. The fourth-order valence-corrected chi connectivity index (χ4v) is 5.40. The van der Waals surface area contributed by atoms with E-state index in [9.17, 15) is 4.79 Å². The molecule has 6 aromatic rings. The largest absolute Gasteiger partial charge is 0.496 e. The quantitative estimate of drug-likeness (QED) is 0.255. The third-order valence-electron chi connectivity index (χ3n) is 7.14. The minimum absolute atomic E-state index is 0.0766. The molecule has 0 aliphatic rings. The average Bonchev–Trinajstić information content (AvgIpc) is 3.47. The van der Waals surface area contributed by atoms with Crippen LogP contribution >= 0.6 is 0 Å². The third-order valence-corrected chi connectivity index (χ3v) is 7.14. The molecule has 0 saturated carbocycles. The van der Waals surface area contributed by atoms with Crippen molar-refractivity contribution in [3.63, 3.8) is 0 Å². The molecule has 1 amide bonds. The Kier molecular flexibility index (Phi) is 6.02. The van der Waals surface area contributed by atoms with Gasteiger partial charge in [-0.25, -0.2) is 9.97 Å². The van der Waals surface area contributed by atoms with Crippen molar-refractivity contribution in [2.24, 2.45) is 0 Å². The molecule has 3 aromatic heterocycles. The van der Waals surface area contributed by atoms with Gasteiger partial charge in [0.1, 0.15) is 23.0 Å². The Morgan fingerprint density at radius 3 is 2.51 bits per heavy atom. The number of nitrogens with zero attached hydrogens (tertiary/aromatic N) is 3. The zero-order valence-corrected chi connectivity index (χ0v) is 22.6. The van der Waals surface area contributed by atoms with Gasteiger partial charge in [0, 0.05) is 34.1 Å². The summed E-state index contributed by atoms with van der Waals surface area (Å²) >= 11 is 0. The number of carbonyl (C=O) groups is 1. The molecule has 8 heteroatoms. The van der Waals surface area contributed by atoms with Crippen molar-refractivity contribution in [1.29, 1.82) is 0 Å². The number of benzene rings is 3. The molecular formula is C31H29N5O3. The molecule has 39 heavy (non-hydrogen) atoms. The smallest absolute Gasteiger partial charge is 0.251 e. The maximum absolute atomic E-state index is 12.9. The van der Waals surface area contributed by atoms with Gasteiger partial charge in [0.2, 0.25) is 0 Å². The molecule has 3 aromatic carbocycles. The van der Waals surface area contributed by atoms with Crippen molar-refractivity contribution in [3.8, 4) is 28.1 Å². The number of amides is 1. The number of H-pyrrole nitrogens is 1. The highest BCUT2D eigenvalue weighted by molar-refractivity contribution is 6.17. The van der Waals surface area contributed by atoms with Crippen LogP contribution in [0.4, 0.5) is 0 Å². The van der Waals surface area contributed by atoms with Gasteiger partial charge in [-0.1, -0.05) is 42.4 Å². The summed E-state index contributed by atoms with van der Waals surface area (Å²) in [5.41, 5.74) is 6.63. The fourth-order valence-electron chi connectivity index (χ4n) is 5.40. The van der Waals surface area contributed by atoms with E-state index < -0.39 is 0 Å². The number of aryl methyl sites for hydroxylation is 3. The van der Waals surface area contributed by atoms with E-state index in [1.54, 1.807) is 7.11 Å². The second-order valence-electron chi connectivity index (χ2n) is 9.73. The molecular weight excluding hydrogens is 490 g/mol. The zero-order chi connectivity index (χ0) is 27.3. The summed E-state index contributed by atoms with van der Waals surface area (Å²) < 4.78 is 11.3. The molecule has 0 spiro atoms. The lowest BCUT2D eigenvalue weighted by molar-refractivity contribution is 0.0955. The second-order valence-corrected chi connectivity index (χ2v) is 9.73. The first-order valence-corrected chi connectivity index (χ1v) is 13.0. The first kappa shape index (κ1) is 24.6. The van der Waals surface area contributed by atoms with Gasteiger partial charge < -0.3 is 19.6 Å². The van der Waals surface area contributed by atoms with Gasteiger partial charge in [-0.3, -0.25) is 4.79 Å². The Balaban J connectivity index is 1.63.